The van der Waals surface area contributed by atoms with Gasteiger partial charge in [-0.25, -0.2) is 0 Å². The van der Waals surface area contributed by atoms with Crippen molar-refractivity contribution in [1.29, 1.82) is 5.26 Å². The van der Waals surface area contributed by atoms with E-state index in [2.05, 4.69) is 5.32 Å². The maximum atomic E-state index is 8.43. The summed E-state index contributed by atoms with van der Waals surface area (Å²) in [6.45, 7) is 0. The van der Waals surface area contributed by atoms with Gasteiger partial charge in [-0.15, -0.1) is 0 Å². The molecule has 0 unspecified atom stereocenters. The Hall–Kier alpha value is -2.53. The minimum absolute atomic E-state index is 1.02. The van der Waals surface area contributed by atoms with E-state index in [1.54, 1.807) is 6.08 Å². The molecule has 0 aliphatic carbocycles. The van der Waals surface area contributed by atoms with E-state index in [0.29, 0.717) is 0 Å². The molecule has 17 heavy (non-hydrogen) atoms. The van der Waals surface area contributed by atoms with E-state index >= 15 is 0 Å². The molecule has 82 valence electrons. The van der Waals surface area contributed by atoms with E-state index in [9.17, 15) is 0 Å². The third kappa shape index (κ3) is 3.22. The van der Waals surface area contributed by atoms with Crippen LogP contribution in [0.5, 0.6) is 0 Å². The van der Waals surface area contributed by atoms with Gasteiger partial charge < -0.3 is 5.32 Å². The number of nitriles is 1. The van der Waals surface area contributed by atoms with Gasteiger partial charge in [0.15, 0.2) is 0 Å². The molecule has 0 aliphatic heterocycles. The summed E-state index contributed by atoms with van der Waals surface area (Å²) in [6, 6.07) is 19.9. The van der Waals surface area contributed by atoms with Gasteiger partial charge in [0.05, 0.1) is 6.07 Å². The first-order valence-electron chi connectivity index (χ1n) is 5.37. The lowest BCUT2D eigenvalue weighted by Crippen LogP contribution is -1.88. The van der Waals surface area contributed by atoms with Crippen LogP contribution in [0.1, 0.15) is 5.56 Å². The van der Waals surface area contributed by atoms with Crippen molar-refractivity contribution in [3.63, 3.8) is 0 Å². The van der Waals surface area contributed by atoms with E-state index in [-0.39, 0.29) is 0 Å². The molecule has 0 saturated heterocycles. The molecule has 2 heteroatoms. The van der Waals surface area contributed by atoms with Crippen LogP contribution in [0, 0.1) is 11.3 Å². The van der Waals surface area contributed by atoms with Gasteiger partial charge in [-0.05, 0) is 35.9 Å². The largest absolute Gasteiger partial charge is 0.356 e. The molecule has 0 amide bonds. The van der Waals surface area contributed by atoms with Crippen molar-refractivity contribution in [3.8, 4) is 6.07 Å². The fourth-order valence-corrected chi connectivity index (χ4v) is 1.50. The van der Waals surface area contributed by atoms with Gasteiger partial charge >= 0.3 is 0 Å². The molecule has 0 bridgehead atoms. The minimum atomic E-state index is 1.02. The molecule has 0 fully saturated rings. The molecule has 0 aromatic heterocycles. The van der Waals surface area contributed by atoms with Gasteiger partial charge in [0.1, 0.15) is 0 Å². The molecule has 2 aromatic carbocycles. The normalized spacial score (nSPS) is 10.1. The second-order valence-corrected chi connectivity index (χ2v) is 3.58. The fourth-order valence-electron chi connectivity index (χ4n) is 1.50. The molecule has 0 saturated carbocycles. The number of nitrogens with one attached hydrogen (secondary N) is 1. The molecule has 1 N–H and O–H groups in total. The van der Waals surface area contributed by atoms with Gasteiger partial charge in [0.25, 0.3) is 0 Å². The Labute approximate surface area is 101 Å². The van der Waals surface area contributed by atoms with Gasteiger partial charge in [-0.3, -0.25) is 0 Å². The summed E-state index contributed by atoms with van der Waals surface area (Å²) in [5, 5.41) is 11.7. The zero-order chi connectivity index (χ0) is 11.9. The number of rotatable bonds is 3. The summed E-state index contributed by atoms with van der Waals surface area (Å²) in [5.74, 6) is 0. The smallest absolute Gasteiger partial charge is 0.0912 e. The van der Waals surface area contributed by atoms with Crippen LogP contribution < -0.4 is 5.32 Å². The van der Waals surface area contributed by atoms with Crippen molar-refractivity contribution >= 4 is 17.5 Å². The lowest BCUT2D eigenvalue weighted by Gasteiger charge is -2.05. The molecule has 0 aliphatic rings. The Morgan fingerprint density at radius 2 is 1.53 bits per heavy atom. The number of allylic oxidation sites excluding steroid dienone is 1. The number of para-hydroxylation sites is 1. The van der Waals surface area contributed by atoms with Crippen molar-refractivity contribution in [1.82, 2.24) is 0 Å². The van der Waals surface area contributed by atoms with Crippen LogP contribution in [0.15, 0.2) is 60.7 Å². The molecule has 2 nitrogen and oxygen atoms in total. The molecule has 0 atom stereocenters. The summed E-state index contributed by atoms with van der Waals surface area (Å²) in [4.78, 5) is 0. The van der Waals surface area contributed by atoms with Gasteiger partial charge in [0.2, 0.25) is 0 Å². The second kappa shape index (κ2) is 5.53. The standard InChI is InChI=1S/C15H12N2/c16-12-4-5-13-8-10-15(11-9-13)17-14-6-2-1-3-7-14/h1-11,17H. The lowest BCUT2D eigenvalue weighted by molar-refractivity contribution is 1.53. The molecule has 2 aromatic rings. The minimum Gasteiger partial charge on any atom is -0.356 e. The Balaban J connectivity index is 2.09. The SMILES string of the molecule is N#CC=Cc1ccc(Nc2ccccc2)cc1. The van der Waals surface area contributed by atoms with Crippen LogP contribution in [0.25, 0.3) is 6.08 Å². The maximum Gasteiger partial charge on any atom is 0.0912 e. The predicted molar refractivity (Wildman–Crippen MR) is 70.8 cm³/mol. The van der Waals surface area contributed by atoms with Crippen LogP contribution in [0.3, 0.4) is 0 Å². The summed E-state index contributed by atoms with van der Waals surface area (Å²) in [5.41, 5.74) is 3.11. The Morgan fingerprint density at radius 3 is 2.18 bits per heavy atom. The van der Waals surface area contributed by atoms with E-state index in [1.165, 1.54) is 6.08 Å². The van der Waals surface area contributed by atoms with Crippen LogP contribution in [0.2, 0.25) is 0 Å². The number of anilines is 2. The molecular weight excluding hydrogens is 208 g/mol. The first kappa shape index (κ1) is 11.0. The van der Waals surface area contributed by atoms with Crippen LogP contribution in [-0.2, 0) is 0 Å². The fraction of sp³-hybridized carbons (Fsp3) is 0. The summed E-state index contributed by atoms with van der Waals surface area (Å²) < 4.78 is 0. The first-order chi connectivity index (χ1) is 8.38. The third-order valence-electron chi connectivity index (χ3n) is 2.32. The van der Waals surface area contributed by atoms with Gasteiger partial charge in [-0.2, -0.15) is 5.26 Å². The van der Waals surface area contributed by atoms with E-state index in [0.717, 1.165) is 16.9 Å². The zero-order valence-electron chi connectivity index (χ0n) is 9.30. The highest BCUT2D eigenvalue weighted by Gasteiger charge is 1.93. The average Bonchev–Trinajstić information content (AvgIpc) is 2.39. The van der Waals surface area contributed by atoms with Crippen LogP contribution in [0.4, 0.5) is 11.4 Å². The van der Waals surface area contributed by atoms with Crippen molar-refractivity contribution < 1.29 is 0 Å². The summed E-state index contributed by atoms with van der Waals surface area (Å²) >= 11 is 0. The lowest BCUT2D eigenvalue weighted by atomic mass is 10.2. The zero-order valence-corrected chi connectivity index (χ0v) is 9.30. The number of benzene rings is 2. The number of hydrogen-bond acceptors (Lipinski definition) is 2. The summed E-state index contributed by atoms with van der Waals surface area (Å²) in [6.07, 6.45) is 3.26. The van der Waals surface area contributed by atoms with Crippen molar-refractivity contribution in [3.05, 3.63) is 66.2 Å². The Bertz CT molecular complexity index is 533. The topological polar surface area (TPSA) is 35.8 Å². The Kier molecular flexibility index (Phi) is 3.57. The van der Waals surface area contributed by atoms with Crippen molar-refractivity contribution in [2.24, 2.45) is 0 Å². The molecule has 0 heterocycles. The van der Waals surface area contributed by atoms with E-state index in [1.807, 2.05) is 60.7 Å². The van der Waals surface area contributed by atoms with Crippen LogP contribution in [-0.4, -0.2) is 0 Å². The van der Waals surface area contributed by atoms with Crippen molar-refractivity contribution in [2.75, 3.05) is 5.32 Å². The molecule has 0 spiro atoms. The monoisotopic (exact) mass is 220 g/mol. The summed E-state index contributed by atoms with van der Waals surface area (Å²) in [7, 11) is 0. The first-order valence-corrected chi connectivity index (χ1v) is 5.37. The van der Waals surface area contributed by atoms with Gasteiger partial charge in [-0.1, -0.05) is 30.3 Å². The molecule has 2 rings (SSSR count). The average molecular weight is 220 g/mol. The predicted octanol–water partition coefficient (Wildman–Crippen LogP) is 3.97. The Morgan fingerprint density at radius 1 is 0.882 bits per heavy atom. The van der Waals surface area contributed by atoms with E-state index in [4.69, 9.17) is 5.26 Å². The highest BCUT2D eigenvalue weighted by Crippen LogP contribution is 2.16. The van der Waals surface area contributed by atoms with Crippen LogP contribution >= 0.6 is 0 Å². The molecule has 0 radical (unpaired) electrons. The third-order valence-corrected chi connectivity index (χ3v) is 2.32. The highest BCUT2D eigenvalue weighted by molar-refractivity contribution is 5.62. The molecular formula is C15H12N2. The number of nitrogens with zero attached hydrogens (tertiary/aromatic N) is 1. The quantitative estimate of drug-likeness (QED) is 0.794. The van der Waals surface area contributed by atoms with E-state index < -0.39 is 0 Å². The second-order valence-electron chi connectivity index (χ2n) is 3.58. The highest BCUT2D eigenvalue weighted by atomic mass is 14.9. The van der Waals surface area contributed by atoms with Gasteiger partial charge in [0, 0.05) is 17.5 Å². The van der Waals surface area contributed by atoms with Crippen molar-refractivity contribution in [2.45, 2.75) is 0 Å². The number of hydrogen-bond donors (Lipinski definition) is 1. The maximum absolute atomic E-state index is 8.43.